The van der Waals surface area contributed by atoms with Crippen LogP contribution in [0.15, 0.2) is 34.9 Å². The minimum absolute atomic E-state index is 0.104. The van der Waals surface area contributed by atoms with E-state index in [1.807, 2.05) is 44.2 Å². The van der Waals surface area contributed by atoms with Gasteiger partial charge in [-0.25, -0.2) is 4.98 Å². The Morgan fingerprint density at radius 2 is 2.11 bits per heavy atom. The first-order chi connectivity index (χ1) is 13.1. The molecule has 1 fully saturated rings. The number of hydrogen-bond donors (Lipinski definition) is 2. The van der Waals surface area contributed by atoms with Crippen LogP contribution in [0.1, 0.15) is 34.5 Å². The van der Waals surface area contributed by atoms with E-state index in [1.54, 1.807) is 0 Å². The average molecular weight is 364 g/mol. The molecule has 2 aromatic heterocycles. The van der Waals surface area contributed by atoms with Crippen LogP contribution in [0.25, 0.3) is 22.4 Å². The van der Waals surface area contributed by atoms with Gasteiger partial charge in [0.2, 0.25) is 0 Å². The van der Waals surface area contributed by atoms with E-state index in [9.17, 15) is 4.79 Å². The summed E-state index contributed by atoms with van der Waals surface area (Å²) in [5.74, 6) is 0.538. The molecule has 6 heteroatoms. The van der Waals surface area contributed by atoms with E-state index in [-0.39, 0.29) is 5.91 Å². The topological polar surface area (TPSA) is 80.0 Å². The normalized spacial score (nSPS) is 16.7. The fraction of sp³-hybridized carbons (Fsp3) is 0.381. The minimum Gasteiger partial charge on any atom is -0.352 e. The highest BCUT2D eigenvalue weighted by atomic mass is 16.5. The molecule has 1 saturated heterocycles. The van der Waals surface area contributed by atoms with Gasteiger partial charge in [0.1, 0.15) is 0 Å². The van der Waals surface area contributed by atoms with Crippen LogP contribution >= 0.6 is 0 Å². The van der Waals surface area contributed by atoms with Crippen LogP contribution in [0.4, 0.5) is 0 Å². The maximum Gasteiger partial charge on any atom is 0.259 e. The summed E-state index contributed by atoms with van der Waals surface area (Å²) in [4.78, 5) is 17.5. The molecule has 1 aliphatic heterocycles. The first kappa shape index (κ1) is 17.7. The summed E-state index contributed by atoms with van der Waals surface area (Å²) in [5.41, 5.74) is 4.48. The summed E-state index contributed by atoms with van der Waals surface area (Å²) < 4.78 is 5.36. The van der Waals surface area contributed by atoms with Gasteiger partial charge in [-0.2, -0.15) is 0 Å². The smallest absolute Gasteiger partial charge is 0.259 e. The molecule has 1 unspecified atom stereocenters. The third kappa shape index (κ3) is 3.71. The summed E-state index contributed by atoms with van der Waals surface area (Å²) in [7, 11) is 0. The Labute approximate surface area is 158 Å². The molecule has 0 radical (unpaired) electrons. The fourth-order valence-electron chi connectivity index (χ4n) is 3.59. The van der Waals surface area contributed by atoms with E-state index < -0.39 is 0 Å². The van der Waals surface area contributed by atoms with Gasteiger partial charge in [0.15, 0.2) is 0 Å². The first-order valence-electron chi connectivity index (χ1n) is 9.45. The number of aromatic nitrogens is 2. The van der Waals surface area contributed by atoms with Crippen LogP contribution in [-0.4, -0.2) is 35.7 Å². The molecule has 1 amide bonds. The number of aryl methyl sites for hydroxylation is 2. The number of carbonyl (C=O) groups is 1. The lowest BCUT2D eigenvalue weighted by atomic mass is 10.0. The number of benzene rings is 1. The summed E-state index contributed by atoms with van der Waals surface area (Å²) in [5, 5.41) is 11.1. The zero-order chi connectivity index (χ0) is 18.8. The minimum atomic E-state index is -0.104. The van der Waals surface area contributed by atoms with Gasteiger partial charge >= 0.3 is 0 Å². The zero-order valence-corrected chi connectivity index (χ0v) is 15.7. The Kier molecular flexibility index (Phi) is 4.90. The maximum atomic E-state index is 12.9. The van der Waals surface area contributed by atoms with Crippen LogP contribution in [-0.2, 0) is 0 Å². The number of nitrogens with zero attached hydrogens (tertiary/aromatic N) is 2. The third-order valence-electron chi connectivity index (χ3n) is 5.21. The van der Waals surface area contributed by atoms with Crippen LogP contribution in [0.3, 0.4) is 0 Å². The van der Waals surface area contributed by atoms with Gasteiger partial charge in [-0.05, 0) is 51.8 Å². The number of hydrogen-bond acceptors (Lipinski definition) is 5. The maximum absolute atomic E-state index is 12.9. The molecule has 3 heterocycles. The average Bonchev–Trinajstić information content (AvgIpc) is 3.32. The molecular formula is C21H24N4O2. The third-order valence-corrected chi connectivity index (χ3v) is 5.21. The number of pyridine rings is 1. The van der Waals surface area contributed by atoms with Crippen molar-refractivity contribution in [1.29, 1.82) is 0 Å². The number of amides is 1. The number of carbonyl (C=O) groups excluding carboxylic acids is 1. The first-order valence-corrected chi connectivity index (χ1v) is 9.45. The molecule has 4 rings (SSSR count). The summed E-state index contributed by atoms with van der Waals surface area (Å²) in [6, 6.07) is 9.90. The number of rotatable bonds is 5. The summed E-state index contributed by atoms with van der Waals surface area (Å²) in [6.07, 6.45) is 2.16. The summed E-state index contributed by atoms with van der Waals surface area (Å²) in [6.45, 7) is 6.65. The van der Waals surface area contributed by atoms with E-state index in [1.165, 1.54) is 12.0 Å². The molecule has 2 N–H and O–H groups in total. The van der Waals surface area contributed by atoms with Crippen LogP contribution in [0, 0.1) is 19.8 Å². The molecule has 0 bridgehead atoms. The van der Waals surface area contributed by atoms with Gasteiger partial charge in [-0.1, -0.05) is 35.0 Å². The second-order valence-electron chi connectivity index (χ2n) is 7.27. The SMILES string of the molecule is Cc1ccc(-c2cc(C(=O)NCCC3CCNC3)c3c(C)noc3n2)cc1. The Bertz CT molecular complexity index is 956. The van der Waals surface area contributed by atoms with Gasteiger partial charge in [0, 0.05) is 12.1 Å². The second-order valence-corrected chi connectivity index (χ2v) is 7.27. The molecule has 3 aromatic rings. The number of fused-ring (bicyclic) bond motifs is 1. The molecule has 0 saturated carbocycles. The molecule has 1 aromatic carbocycles. The Morgan fingerprint density at radius 1 is 1.30 bits per heavy atom. The van der Waals surface area contributed by atoms with Crippen molar-refractivity contribution in [2.24, 2.45) is 5.92 Å². The van der Waals surface area contributed by atoms with Crippen molar-refractivity contribution in [2.45, 2.75) is 26.7 Å². The van der Waals surface area contributed by atoms with Crippen molar-refractivity contribution >= 4 is 17.0 Å². The van der Waals surface area contributed by atoms with Gasteiger partial charge in [0.05, 0.1) is 22.3 Å². The highest BCUT2D eigenvalue weighted by molar-refractivity contribution is 6.06. The molecule has 140 valence electrons. The largest absolute Gasteiger partial charge is 0.352 e. The van der Waals surface area contributed by atoms with Gasteiger partial charge in [0.25, 0.3) is 11.6 Å². The molecule has 0 spiro atoms. The van der Waals surface area contributed by atoms with Crippen molar-refractivity contribution in [3.05, 3.63) is 47.2 Å². The molecule has 6 nitrogen and oxygen atoms in total. The fourth-order valence-corrected chi connectivity index (χ4v) is 3.59. The van der Waals surface area contributed by atoms with Crippen molar-refractivity contribution in [1.82, 2.24) is 20.8 Å². The van der Waals surface area contributed by atoms with Gasteiger partial charge in [-0.3, -0.25) is 4.79 Å². The highest BCUT2D eigenvalue weighted by Crippen LogP contribution is 2.27. The van der Waals surface area contributed by atoms with Gasteiger partial charge in [-0.15, -0.1) is 0 Å². The highest BCUT2D eigenvalue weighted by Gasteiger charge is 2.20. The van der Waals surface area contributed by atoms with Crippen molar-refractivity contribution in [3.8, 4) is 11.3 Å². The molecule has 1 atom stereocenters. The van der Waals surface area contributed by atoms with Gasteiger partial charge < -0.3 is 15.2 Å². The quantitative estimate of drug-likeness (QED) is 0.726. The van der Waals surface area contributed by atoms with E-state index >= 15 is 0 Å². The molecule has 1 aliphatic rings. The Hall–Kier alpha value is -2.73. The van der Waals surface area contributed by atoms with Crippen molar-refractivity contribution < 1.29 is 9.32 Å². The van der Waals surface area contributed by atoms with Crippen molar-refractivity contribution in [2.75, 3.05) is 19.6 Å². The Balaban J connectivity index is 1.62. The lowest BCUT2D eigenvalue weighted by Gasteiger charge is -2.11. The lowest BCUT2D eigenvalue weighted by Crippen LogP contribution is -2.26. The molecular weight excluding hydrogens is 340 g/mol. The predicted octanol–water partition coefficient (Wildman–Crippen LogP) is 3.24. The predicted molar refractivity (Wildman–Crippen MR) is 105 cm³/mol. The van der Waals surface area contributed by atoms with Crippen LogP contribution in [0.2, 0.25) is 0 Å². The number of nitrogens with one attached hydrogen (secondary N) is 2. The zero-order valence-electron chi connectivity index (χ0n) is 15.7. The monoisotopic (exact) mass is 364 g/mol. The lowest BCUT2D eigenvalue weighted by molar-refractivity contribution is 0.0953. The van der Waals surface area contributed by atoms with Crippen LogP contribution < -0.4 is 10.6 Å². The van der Waals surface area contributed by atoms with Crippen molar-refractivity contribution in [3.63, 3.8) is 0 Å². The standard InChI is InChI=1S/C21H24N4O2/c1-13-3-5-16(6-4-13)18-11-17(19-14(2)25-27-21(19)24-18)20(26)23-10-8-15-7-9-22-12-15/h3-6,11,15,22H,7-10,12H2,1-2H3,(H,23,26). The van der Waals surface area contributed by atoms with E-state index in [0.29, 0.717) is 40.5 Å². The van der Waals surface area contributed by atoms with E-state index in [0.717, 1.165) is 25.1 Å². The summed E-state index contributed by atoms with van der Waals surface area (Å²) >= 11 is 0. The molecule has 0 aliphatic carbocycles. The van der Waals surface area contributed by atoms with E-state index in [2.05, 4.69) is 20.8 Å². The van der Waals surface area contributed by atoms with E-state index in [4.69, 9.17) is 4.52 Å². The Morgan fingerprint density at radius 3 is 2.85 bits per heavy atom. The second kappa shape index (κ2) is 7.48. The van der Waals surface area contributed by atoms with Crippen LogP contribution in [0.5, 0.6) is 0 Å². The molecule has 27 heavy (non-hydrogen) atoms.